The van der Waals surface area contributed by atoms with E-state index in [2.05, 4.69) is 25.2 Å². The Morgan fingerprint density at radius 3 is 2.50 bits per heavy atom. The van der Waals surface area contributed by atoms with Gasteiger partial charge in [0.1, 0.15) is 0 Å². The number of rotatable bonds is 5. The van der Waals surface area contributed by atoms with Gasteiger partial charge in [-0.3, -0.25) is 0 Å². The highest BCUT2D eigenvalue weighted by Crippen LogP contribution is 2.21. The van der Waals surface area contributed by atoms with Crippen molar-refractivity contribution in [2.45, 2.75) is 26.4 Å². The molecule has 1 aromatic heterocycles. The van der Waals surface area contributed by atoms with Crippen LogP contribution in [0.15, 0.2) is 36.4 Å². The van der Waals surface area contributed by atoms with E-state index in [1.54, 1.807) is 0 Å². The second-order valence-electron chi connectivity index (χ2n) is 4.47. The van der Waals surface area contributed by atoms with Crippen molar-refractivity contribution < 1.29 is 5.11 Å². The maximum Gasteiger partial charge on any atom is 0.0626 e. The number of nitrogens with one attached hydrogen (secondary N) is 1. The molecule has 2 rings (SSSR count). The summed E-state index contributed by atoms with van der Waals surface area (Å²) in [6, 6.07) is 12.3. The molecule has 0 aliphatic rings. The van der Waals surface area contributed by atoms with Gasteiger partial charge in [0.05, 0.1) is 12.6 Å². The van der Waals surface area contributed by atoms with Gasteiger partial charge in [0, 0.05) is 16.3 Å². The number of aliphatic hydroxyl groups excluding tert-OH is 1. The first-order valence-corrected chi connectivity index (χ1v) is 6.97. The van der Waals surface area contributed by atoms with E-state index in [0.29, 0.717) is 0 Å². The Hall–Kier alpha value is -1.16. The lowest BCUT2D eigenvalue weighted by Crippen LogP contribution is -2.23. The first-order chi connectivity index (χ1) is 8.70. The number of aryl methyl sites for hydroxylation is 2. The summed E-state index contributed by atoms with van der Waals surface area (Å²) >= 11 is 1.82. The van der Waals surface area contributed by atoms with Gasteiger partial charge in [-0.2, -0.15) is 0 Å². The van der Waals surface area contributed by atoms with Gasteiger partial charge in [-0.25, -0.2) is 0 Å². The standard InChI is InChI=1S/C15H19NOS/c1-11-8-14(12(2)18-11)9-16-15(10-17)13-6-4-3-5-7-13/h3-8,15-17H,9-10H2,1-2H3. The Morgan fingerprint density at radius 2 is 1.94 bits per heavy atom. The Morgan fingerprint density at radius 1 is 1.22 bits per heavy atom. The molecule has 0 aliphatic carbocycles. The molecule has 0 saturated carbocycles. The van der Waals surface area contributed by atoms with E-state index in [0.717, 1.165) is 12.1 Å². The zero-order valence-corrected chi connectivity index (χ0v) is 11.6. The second-order valence-corrected chi connectivity index (χ2v) is 5.93. The van der Waals surface area contributed by atoms with Gasteiger partial charge in [-0.15, -0.1) is 11.3 Å². The first-order valence-electron chi connectivity index (χ1n) is 6.16. The first kappa shape index (κ1) is 13.3. The number of aliphatic hydroxyl groups is 1. The van der Waals surface area contributed by atoms with E-state index >= 15 is 0 Å². The van der Waals surface area contributed by atoms with Gasteiger partial charge in [-0.05, 0) is 31.0 Å². The number of hydrogen-bond acceptors (Lipinski definition) is 3. The maximum atomic E-state index is 9.47. The molecular formula is C15H19NOS. The van der Waals surface area contributed by atoms with Crippen LogP contribution < -0.4 is 5.32 Å². The number of hydrogen-bond donors (Lipinski definition) is 2. The zero-order valence-electron chi connectivity index (χ0n) is 10.8. The van der Waals surface area contributed by atoms with Crippen LogP contribution >= 0.6 is 11.3 Å². The number of benzene rings is 1. The normalized spacial score (nSPS) is 12.6. The van der Waals surface area contributed by atoms with Crippen molar-refractivity contribution in [3.05, 3.63) is 57.3 Å². The monoisotopic (exact) mass is 261 g/mol. The van der Waals surface area contributed by atoms with Crippen LogP contribution in [0, 0.1) is 13.8 Å². The van der Waals surface area contributed by atoms with Crippen LogP contribution in [0.1, 0.15) is 26.9 Å². The quantitative estimate of drug-likeness (QED) is 0.866. The third-order valence-electron chi connectivity index (χ3n) is 3.07. The summed E-state index contributed by atoms with van der Waals surface area (Å²) in [5.74, 6) is 0. The molecule has 2 N–H and O–H groups in total. The van der Waals surface area contributed by atoms with Gasteiger partial charge >= 0.3 is 0 Å². The van der Waals surface area contributed by atoms with Crippen molar-refractivity contribution in [3.63, 3.8) is 0 Å². The van der Waals surface area contributed by atoms with Crippen molar-refractivity contribution >= 4 is 11.3 Å². The van der Waals surface area contributed by atoms with E-state index in [1.807, 2.05) is 41.7 Å². The molecule has 2 nitrogen and oxygen atoms in total. The van der Waals surface area contributed by atoms with E-state index in [9.17, 15) is 5.11 Å². The predicted octanol–water partition coefficient (Wildman–Crippen LogP) is 3.19. The van der Waals surface area contributed by atoms with E-state index in [-0.39, 0.29) is 12.6 Å². The molecule has 0 radical (unpaired) electrons. The SMILES string of the molecule is Cc1cc(CNC(CO)c2ccccc2)c(C)s1. The summed E-state index contributed by atoms with van der Waals surface area (Å²) in [5, 5.41) is 12.9. The van der Waals surface area contributed by atoms with Crippen molar-refractivity contribution in [1.29, 1.82) is 0 Å². The highest BCUT2D eigenvalue weighted by molar-refractivity contribution is 7.12. The topological polar surface area (TPSA) is 32.3 Å². The van der Waals surface area contributed by atoms with Crippen molar-refractivity contribution in [3.8, 4) is 0 Å². The highest BCUT2D eigenvalue weighted by atomic mass is 32.1. The molecular weight excluding hydrogens is 242 g/mol. The third kappa shape index (κ3) is 3.19. The largest absolute Gasteiger partial charge is 0.394 e. The molecule has 0 bridgehead atoms. The molecule has 18 heavy (non-hydrogen) atoms. The average molecular weight is 261 g/mol. The summed E-state index contributed by atoms with van der Waals surface area (Å²) < 4.78 is 0. The minimum absolute atomic E-state index is 0.00538. The number of thiophene rings is 1. The molecule has 3 heteroatoms. The molecule has 0 amide bonds. The van der Waals surface area contributed by atoms with Crippen molar-refractivity contribution in [1.82, 2.24) is 5.32 Å². The molecule has 0 spiro atoms. The van der Waals surface area contributed by atoms with E-state index < -0.39 is 0 Å². The van der Waals surface area contributed by atoms with Crippen LogP contribution in [0.25, 0.3) is 0 Å². The molecule has 1 aromatic carbocycles. The molecule has 1 unspecified atom stereocenters. The Balaban J connectivity index is 2.02. The van der Waals surface area contributed by atoms with E-state index in [4.69, 9.17) is 0 Å². The third-order valence-corrected chi connectivity index (χ3v) is 4.08. The molecule has 96 valence electrons. The van der Waals surface area contributed by atoms with Gasteiger partial charge in [0.15, 0.2) is 0 Å². The van der Waals surface area contributed by atoms with Crippen LogP contribution in [0.3, 0.4) is 0 Å². The van der Waals surface area contributed by atoms with Crippen LogP contribution in [0.4, 0.5) is 0 Å². The fourth-order valence-corrected chi connectivity index (χ4v) is 3.01. The molecule has 1 atom stereocenters. The smallest absolute Gasteiger partial charge is 0.0626 e. The Labute approximate surface area is 112 Å². The lowest BCUT2D eigenvalue weighted by atomic mass is 10.1. The molecule has 0 fully saturated rings. The highest BCUT2D eigenvalue weighted by Gasteiger charge is 2.10. The van der Waals surface area contributed by atoms with Gasteiger partial charge in [0.25, 0.3) is 0 Å². The van der Waals surface area contributed by atoms with Crippen LogP contribution in [-0.4, -0.2) is 11.7 Å². The molecule has 0 saturated heterocycles. The van der Waals surface area contributed by atoms with Crippen molar-refractivity contribution in [2.75, 3.05) is 6.61 Å². The summed E-state index contributed by atoms with van der Waals surface area (Å²) in [5.41, 5.74) is 2.46. The Bertz CT molecular complexity index is 492. The molecule has 0 aliphatic heterocycles. The summed E-state index contributed by atoms with van der Waals surface area (Å²) in [4.78, 5) is 2.69. The second kappa shape index (κ2) is 6.14. The molecule has 2 aromatic rings. The Kier molecular flexibility index (Phi) is 4.53. The summed E-state index contributed by atoms with van der Waals surface area (Å²) in [6.07, 6.45) is 0. The van der Waals surface area contributed by atoms with Crippen molar-refractivity contribution in [2.24, 2.45) is 0 Å². The molecule has 1 heterocycles. The summed E-state index contributed by atoms with van der Waals surface area (Å²) in [7, 11) is 0. The zero-order chi connectivity index (χ0) is 13.0. The summed E-state index contributed by atoms with van der Waals surface area (Å²) in [6.45, 7) is 5.19. The average Bonchev–Trinajstić information content (AvgIpc) is 2.70. The minimum atomic E-state index is 0.00538. The maximum absolute atomic E-state index is 9.47. The van der Waals surface area contributed by atoms with E-state index in [1.165, 1.54) is 15.3 Å². The van der Waals surface area contributed by atoms with Gasteiger partial charge in [-0.1, -0.05) is 30.3 Å². The van der Waals surface area contributed by atoms with Gasteiger partial charge in [0.2, 0.25) is 0 Å². The fraction of sp³-hybridized carbons (Fsp3) is 0.333. The predicted molar refractivity (Wildman–Crippen MR) is 76.9 cm³/mol. The lowest BCUT2D eigenvalue weighted by Gasteiger charge is -2.16. The minimum Gasteiger partial charge on any atom is -0.394 e. The lowest BCUT2D eigenvalue weighted by molar-refractivity contribution is 0.243. The van der Waals surface area contributed by atoms with Crippen LogP contribution in [0.5, 0.6) is 0 Å². The van der Waals surface area contributed by atoms with Gasteiger partial charge < -0.3 is 10.4 Å². The van der Waals surface area contributed by atoms with Crippen LogP contribution in [0.2, 0.25) is 0 Å². The van der Waals surface area contributed by atoms with Crippen LogP contribution in [-0.2, 0) is 6.54 Å². The fourth-order valence-electron chi connectivity index (χ4n) is 2.07.